The van der Waals surface area contributed by atoms with Crippen LogP contribution < -0.4 is 5.11 Å². The van der Waals surface area contributed by atoms with Gasteiger partial charge in [0.05, 0.1) is 5.52 Å². The summed E-state index contributed by atoms with van der Waals surface area (Å²) in [7, 11) is 0. The lowest BCUT2D eigenvalue weighted by molar-refractivity contribution is -0.266. The van der Waals surface area contributed by atoms with Crippen molar-refractivity contribution in [3.05, 3.63) is 35.0 Å². The van der Waals surface area contributed by atoms with Gasteiger partial charge in [0.1, 0.15) is 5.69 Å². The Labute approximate surface area is 93.3 Å². The number of aromatic nitrogens is 1. The summed E-state index contributed by atoms with van der Waals surface area (Å²) >= 11 is 5.63. The molecule has 2 nitrogen and oxygen atoms in total. The van der Waals surface area contributed by atoms with Crippen molar-refractivity contribution < 1.29 is 18.3 Å². The van der Waals surface area contributed by atoms with Crippen LogP contribution in [0.4, 0.5) is 13.2 Å². The average molecular weight is 247 g/mol. The van der Waals surface area contributed by atoms with Gasteiger partial charge >= 0.3 is 6.18 Å². The van der Waals surface area contributed by atoms with E-state index in [0.29, 0.717) is 6.07 Å². The Morgan fingerprint density at radius 3 is 2.50 bits per heavy atom. The molecule has 0 aliphatic heterocycles. The number of hydrogen-bond acceptors (Lipinski definition) is 2. The second kappa shape index (κ2) is 3.52. The van der Waals surface area contributed by atoms with Crippen molar-refractivity contribution in [2.75, 3.05) is 0 Å². The molecule has 0 spiro atoms. The monoisotopic (exact) mass is 246 g/mol. The lowest BCUT2D eigenvalue weighted by Gasteiger charge is -2.14. The second-order valence-electron chi connectivity index (χ2n) is 3.16. The first kappa shape index (κ1) is 11.0. The van der Waals surface area contributed by atoms with Crippen LogP contribution in [0.2, 0.25) is 5.02 Å². The summed E-state index contributed by atoms with van der Waals surface area (Å²) in [6, 6.07) is 4.44. The van der Waals surface area contributed by atoms with Gasteiger partial charge in [-0.2, -0.15) is 13.2 Å². The van der Waals surface area contributed by atoms with Gasteiger partial charge in [-0.1, -0.05) is 17.4 Å². The van der Waals surface area contributed by atoms with Crippen molar-refractivity contribution in [1.82, 2.24) is 4.98 Å². The first-order valence-electron chi connectivity index (χ1n) is 4.22. The fourth-order valence-electron chi connectivity index (χ4n) is 1.31. The van der Waals surface area contributed by atoms with Gasteiger partial charge in [-0.3, -0.25) is 0 Å². The van der Waals surface area contributed by atoms with Crippen LogP contribution in [0.3, 0.4) is 0 Å². The Bertz CT molecular complexity index is 553. The molecule has 2 aromatic rings. The molecule has 0 aliphatic rings. The van der Waals surface area contributed by atoms with Crippen LogP contribution in [-0.2, 0) is 6.18 Å². The minimum atomic E-state index is -4.62. The highest BCUT2D eigenvalue weighted by Gasteiger charge is 2.32. The van der Waals surface area contributed by atoms with E-state index >= 15 is 0 Å². The quantitative estimate of drug-likeness (QED) is 0.716. The van der Waals surface area contributed by atoms with E-state index in [4.69, 9.17) is 11.6 Å². The van der Waals surface area contributed by atoms with Crippen LogP contribution in [0.5, 0.6) is 5.75 Å². The number of fused-ring (bicyclic) bond motifs is 1. The average Bonchev–Trinajstić information content (AvgIpc) is 2.17. The normalized spacial score (nSPS) is 12.0. The third-order valence-corrected chi connectivity index (χ3v) is 2.26. The van der Waals surface area contributed by atoms with Gasteiger partial charge < -0.3 is 5.11 Å². The molecular formula is C10H4ClF3NO-. The van der Waals surface area contributed by atoms with Crippen molar-refractivity contribution in [2.24, 2.45) is 0 Å². The Morgan fingerprint density at radius 1 is 1.19 bits per heavy atom. The molecule has 0 saturated carbocycles. The molecule has 1 heterocycles. The predicted molar refractivity (Wildman–Crippen MR) is 51.2 cm³/mol. The van der Waals surface area contributed by atoms with Crippen LogP contribution >= 0.6 is 11.6 Å². The summed E-state index contributed by atoms with van der Waals surface area (Å²) in [5, 5.41) is 11.8. The zero-order valence-corrected chi connectivity index (χ0v) is 8.43. The van der Waals surface area contributed by atoms with Crippen LogP contribution in [0.15, 0.2) is 24.3 Å². The SMILES string of the molecule is [O-]c1cc(C(F)(F)F)nc2ccc(Cl)cc12. The van der Waals surface area contributed by atoms with E-state index in [2.05, 4.69) is 4.98 Å². The van der Waals surface area contributed by atoms with Gasteiger partial charge in [0.2, 0.25) is 0 Å². The molecule has 0 amide bonds. The van der Waals surface area contributed by atoms with E-state index in [1.54, 1.807) is 0 Å². The van der Waals surface area contributed by atoms with E-state index < -0.39 is 17.6 Å². The molecule has 84 valence electrons. The molecular weight excluding hydrogens is 243 g/mol. The molecule has 0 saturated heterocycles. The molecule has 0 aliphatic carbocycles. The highest BCUT2D eigenvalue weighted by molar-refractivity contribution is 6.31. The Morgan fingerprint density at radius 2 is 1.88 bits per heavy atom. The van der Waals surface area contributed by atoms with E-state index in [1.807, 2.05) is 0 Å². The van der Waals surface area contributed by atoms with Crippen molar-refractivity contribution >= 4 is 22.5 Å². The van der Waals surface area contributed by atoms with Crippen LogP contribution in [0.25, 0.3) is 10.9 Å². The van der Waals surface area contributed by atoms with E-state index in [-0.39, 0.29) is 15.9 Å². The minimum Gasteiger partial charge on any atom is -0.872 e. The maximum absolute atomic E-state index is 12.3. The number of halogens is 4. The highest BCUT2D eigenvalue weighted by atomic mass is 35.5. The summed E-state index contributed by atoms with van der Waals surface area (Å²) in [6.07, 6.45) is -4.62. The summed E-state index contributed by atoms with van der Waals surface area (Å²) < 4.78 is 37.0. The number of nitrogens with zero attached hydrogens (tertiary/aromatic N) is 1. The highest BCUT2D eigenvalue weighted by Crippen LogP contribution is 2.33. The Kier molecular flexibility index (Phi) is 2.42. The third-order valence-electron chi connectivity index (χ3n) is 2.02. The van der Waals surface area contributed by atoms with Gasteiger partial charge in [-0.15, -0.1) is 0 Å². The number of hydrogen-bond donors (Lipinski definition) is 0. The molecule has 6 heteroatoms. The van der Waals surface area contributed by atoms with Gasteiger partial charge in [0.15, 0.2) is 0 Å². The maximum atomic E-state index is 12.3. The largest absolute Gasteiger partial charge is 0.872 e. The van der Waals surface area contributed by atoms with E-state index in [0.717, 1.165) is 0 Å². The number of alkyl halides is 3. The number of rotatable bonds is 0. The molecule has 1 aromatic heterocycles. The molecule has 0 atom stereocenters. The second-order valence-corrected chi connectivity index (χ2v) is 3.60. The van der Waals surface area contributed by atoms with Gasteiger partial charge in [-0.25, -0.2) is 4.98 Å². The summed E-state index contributed by atoms with van der Waals surface area (Å²) in [4.78, 5) is 3.36. The molecule has 0 bridgehead atoms. The fourth-order valence-corrected chi connectivity index (χ4v) is 1.48. The number of pyridine rings is 1. The smallest absolute Gasteiger partial charge is 0.433 e. The third kappa shape index (κ3) is 1.90. The van der Waals surface area contributed by atoms with Crippen LogP contribution in [0, 0.1) is 0 Å². The molecule has 0 unspecified atom stereocenters. The van der Waals surface area contributed by atoms with E-state index in [9.17, 15) is 18.3 Å². The number of benzene rings is 1. The lowest BCUT2D eigenvalue weighted by atomic mass is 10.2. The molecule has 1 aromatic carbocycles. The van der Waals surface area contributed by atoms with Gasteiger partial charge in [0.25, 0.3) is 0 Å². The van der Waals surface area contributed by atoms with Gasteiger partial charge in [-0.05, 0) is 29.7 Å². The Balaban J connectivity index is 2.74. The maximum Gasteiger partial charge on any atom is 0.433 e. The van der Waals surface area contributed by atoms with Gasteiger partial charge in [0, 0.05) is 5.02 Å². The zero-order chi connectivity index (χ0) is 11.9. The van der Waals surface area contributed by atoms with Crippen LogP contribution in [0.1, 0.15) is 5.69 Å². The molecule has 16 heavy (non-hydrogen) atoms. The standard InChI is InChI=1S/C10H5ClF3NO/c11-5-1-2-7-6(3-5)8(16)4-9(15-7)10(12,13)14/h1-4H,(H,15,16)/p-1. The topological polar surface area (TPSA) is 36.0 Å². The van der Waals surface area contributed by atoms with E-state index in [1.165, 1.54) is 18.2 Å². The zero-order valence-electron chi connectivity index (χ0n) is 7.68. The first-order valence-corrected chi connectivity index (χ1v) is 4.60. The predicted octanol–water partition coefficient (Wildman–Crippen LogP) is 2.98. The summed E-state index contributed by atoms with van der Waals surface area (Å²) in [5.74, 6) is -0.736. The van der Waals surface area contributed by atoms with Crippen LogP contribution in [-0.4, -0.2) is 4.98 Å². The van der Waals surface area contributed by atoms with Crippen molar-refractivity contribution in [1.29, 1.82) is 0 Å². The lowest BCUT2D eigenvalue weighted by Crippen LogP contribution is -2.09. The van der Waals surface area contributed by atoms with Crippen molar-refractivity contribution in [3.8, 4) is 5.75 Å². The summed E-state index contributed by atoms with van der Waals surface area (Å²) in [5.41, 5.74) is -1.20. The minimum absolute atomic E-state index is 0.00998. The summed E-state index contributed by atoms with van der Waals surface area (Å²) in [6.45, 7) is 0. The van der Waals surface area contributed by atoms with Crippen molar-refractivity contribution in [2.45, 2.75) is 6.18 Å². The molecule has 0 radical (unpaired) electrons. The molecule has 0 fully saturated rings. The Hall–Kier alpha value is -1.49. The fraction of sp³-hybridized carbons (Fsp3) is 0.100. The molecule has 2 rings (SSSR count). The molecule has 0 N–H and O–H groups in total. The van der Waals surface area contributed by atoms with Crippen molar-refractivity contribution in [3.63, 3.8) is 0 Å². The first-order chi connectivity index (χ1) is 7.38.